The highest BCUT2D eigenvalue weighted by Gasteiger charge is 2.19. The summed E-state index contributed by atoms with van der Waals surface area (Å²) in [7, 11) is 0. The van der Waals surface area contributed by atoms with E-state index in [4.69, 9.17) is 16.1 Å². The van der Waals surface area contributed by atoms with Crippen molar-refractivity contribution in [3.8, 4) is 6.07 Å². The van der Waals surface area contributed by atoms with Gasteiger partial charge in [0.1, 0.15) is 11.6 Å². The van der Waals surface area contributed by atoms with E-state index in [1.54, 1.807) is 6.07 Å². The molecule has 0 fully saturated rings. The first-order chi connectivity index (χ1) is 6.97. The van der Waals surface area contributed by atoms with E-state index in [1.807, 2.05) is 0 Å². The van der Waals surface area contributed by atoms with E-state index in [2.05, 4.69) is 0 Å². The second kappa shape index (κ2) is 3.63. The van der Waals surface area contributed by atoms with Crippen LogP contribution in [0.1, 0.15) is 15.9 Å². The van der Waals surface area contributed by atoms with Crippen molar-refractivity contribution < 1.29 is 14.8 Å². The maximum Gasteiger partial charge on any atom is 0.339 e. The summed E-state index contributed by atoms with van der Waals surface area (Å²) in [6, 6.07) is 3.33. The lowest BCUT2D eigenvalue weighted by molar-refractivity contribution is -0.384. The van der Waals surface area contributed by atoms with Crippen LogP contribution in [0.25, 0.3) is 0 Å². The molecule has 1 aromatic rings. The van der Waals surface area contributed by atoms with Gasteiger partial charge < -0.3 is 10.8 Å². The number of aromatic carboxylic acids is 1. The minimum atomic E-state index is -1.39. The fourth-order valence-corrected chi connectivity index (χ4v) is 1.08. The Labute approximate surface area is 83.5 Å². The number of hydrogen-bond acceptors (Lipinski definition) is 5. The predicted molar refractivity (Wildman–Crippen MR) is 49.2 cm³/mol. The molecule has 0 atom stereocenters. The Morgan fingerprint density at radius 2 is 2.20 bits per heavy atom. The molecule has 0 aliphatic heterocycles. The molecule has 0 aromatic heterocycles. The van der Waals surface area contributed by atoms with Gasteiger partial charge in [0, 0.05) is 12.1 Å². The number of benzene rings is 1. The van der Waals surface area contributed by atoms with Gasteiger partial charge in [0.05, 0.1) is 16.2 Å². The summed E-state index contributed by atoms with van der Waals surface area (Å²) in [5.41, 5.74) is 3.86. The molecule has 0 radical (unpaired) electrons. The molecule has 7 nitrogen and oxygen atoms in total. The van der Waals surface area contributed by atoms with Gasteiger partial charge in [-0.1, -0.05) is 0 Å². The molecule has 0 spiro atoms. The molecule has 7 heteroatoms. The van der Waals surface area contributed by atoms with Crippen LogP contribution in [0.2, 0.25) is 0 Å². The van der Waals surface area contributed by atoms with E-state index in [9.17, 15) is 14.9 Å². The van der Waals surface area contributed by atoms with Crippen LogP contribution in [-0.2, 0) is 0 Å². The summed E-state index contributed by atoms with van der Waals surface area (Å²) < 4.78 is 0. The third kappa shape index (κ3) is 1.83. The van der Waals surface area contributed by atoms with Gasteiger partial charge >= 0.3 is 5.97 Å². The molecule has 0 aliphatic carbocycles. The van der Waals surface area contributed by atoms with Crippen molar-refractivity contribution in [3.05, 3.63) is 33.4 Å². The number of carbonyl (C=O) groups is 1. The summed E-state index contributed by atoms with van der Waals surface area (Å²) in [6.45, 7) is 0. The quantitative estimate of drug-likeness (QED) is 0.418. The standard InChI is InChI=1S/C8H5N3O4/c9-3-4-1-5(11(14)15)2-6(10)7(4)8(12)13/h1-2H,10H2,(H,12,13). The number of non-ortho nitro benzene ring substituents is 1. The zero-order valence-electron chi connectivity index (χ0n) is 7.30. The number of nitrogens with two attached hydrogens (primary N) is 1. The van der Waals surface area contributed by atoms with Crippen LogP contribution in [0, 0.1) is 21.4 Å². The fraction of sp³-hybridized carbons (Fsp3) is 0. The zero-order valence-corrected chi connectivity index (χ0v) is 7.30. The number of hydrogen-bond donors (Lipinski definition) is 2. The average molecular weight is 207 g/mol. The highest BCUT2D eigenvalue weighted by Crippen LogP contribution is 2.24. The fourth-order valence-electron chi connectivity index (χ4n) is 1.08. The van der Waals surface area contributed by atoms with Crippen molar-refractivity contribution in [1.29, 1.82) is 5.26 Å². The first kappa shape index (κ1) is 10.5. The van der Waals surface area contributed by atoms with Crippen LogP contribution < -0.4 is 5.73 Å². The van der Waals surface area contributed by atoms with Crippen LogP contribution in [0.3, 0.4) is 0 Å². The molecule has 15 heavy (non-hydrogen) atoms. The molecule has 0 saturated carbocycles. The molecule has 76 valence electrons. The number of nitrogens with zero attached hydrogens (tertiary/aromatic N) is 2. The number of carboxylic acid groups (broad SMARTS) is 1. The molecule has 1 aromatic carbocycles. The largest absolute Gasteiger partial charge is 0.478 e. The molecule has 0 unspecified atom stereocenters. The third-order valence-electron chi connectivity index (χ3n) is 1.70. The van der Waals surface area contributed by atoms with Gasteiger partial charge in [-0.25, -0.2) is 4.79 Å². The topological polar surface area (TPSA) is 130 Å². The lowest BCUT2D eigenvalue weighted by atomic mass is 10.1. The molecule has 3 N–H and O–H groups in total. The van der Waals surface area contributed by atoms with Crippen LogP contribution >= 0.6 is 0 Å². The minimum Gasteiger partial charge on any atom is -0.478 e. The lowest BCUT2D eigenvalue weighted by Crippen LogP contribution is -2.06. The lowest BCUT2D eigenvalue weighted by Gasteiger charge is -2.02. The molecule has 0 bridgehead atoms. The van der Waals surface area contributed by atoms with E-state index in [0.29, 0.717) is 0 Å². The molecule has 0 aliphatic rings. The van der Waals surface area contributed by atoms with Crippen LogP contribution in [0.5, 0.6) is 0 Å². The molecular weight excluding hydrogens is 202 g/mol. The zero-order chi connectivity index (χ0) is 11.6. The van der Waals surface area contributed by atoms with Gasteiger partial charge in [-0.2, -0.15) is 5.26 Å². The maximum atomic E-state index is 10.7. The van der Waals surface area contributed by atoms with Gasteiger partial charge in [-0.3, -0.25) is 10.1 Å². The maximum absolute atomic E-state index is 10.7. The number of nitro benzene ring substituents is 1. The van der Waals surface area contributed by atoms with Crippen LogP contribution in [0.15, 0.2) is 12.1 Å². The smallest absolute Gasteiger partial charge is 0.339 e. The molecule has 1 rings (SSSR count). The Morgan fingerprint density at radius 1 is 1.60 bits per heavy atom. The van der Waals surface area contributed by atoms with Gasteiger partial charge in [0.15, 0.2) is 0 Å². The summed E-state index contributed by atoms with van der Waals surface area (Å²) in [5, 5.41) is 27.7. The first-order valence-electron chi connectivity index (χ1n) is 3.68. The number of rotatable bonds is 2. The normalized spacial score (nSPS) is 9.27. The van der Waals surface area contributed by atoms with Crippen LogP contribution in [0.4, 0.5) is 11.4 Å². The monoisotopic (exact) mass is 207 g/mol. The molecule has 0 saturated heterocycles. The Bertz CT molecular complexity index is 489. The Hall–Kier alpha value is -2.62. The number of nitriles is 1. The van der Waals surface area contributed by atoms with Crippen molar-refractivity contribution in [2.45, 2.75) is 0 Å². The molecule has 0 heterocycles. The Morgan fingerprint density at radius 3 is 2.60 bits per heavy atom. The Kier molecular flexibility index (Phi) is 2.53. The second-order valence-corrected chi connectivity index (χ2v) is 2.63. The van der Waals surface area contributed by atoms with Gasteiger partial charge in [-0.15, -0.1) is 0 Å². The van der Waals surface area contributed by atoms with Gasteiger partial charge in [0.25, 0.3) is 5.69 Å². The molecule has 0 amide bonds. The van der Waals surface area contributed by atoms with E-state index in [-0.39, 0.29) is 11.3 Å². The Balaban J connectivity index is 3.53. The molecular formula is C8H5N3O4. The van der Waals surface area contributed by atoms with E-state index >= 15 is 0 Å². The van der Waals surface area contributed by atoms with Crippen molar-refractivity contribution in [2.24, 2.45) is 0 Å². The summed E-state index contributed by atoms with van der Waals surface area (Å²) in [6.07, 6.45) is 0. The predicted octanol–water partition coefficient (Wildman–Crippen LogP) is 0.747. The first-order valence-corrected chi connectivity index (χ1v) is 3.68. The average Bonchev–Trinajstić information content (AvgIpc) is 2.15. The number of carboxylic acids is 1. The highest BCUT2D eigenvalue weighted by molar-refractivity contribution is 5.97. The number of nitrogen functional groups attached to an aromatic ring is 1. The van der Waals surface area contributed by atoms with Gasteiger partial charge in [-0.05, 0) is 0 Å². The van der Waals surface area contributed by atoms with Crippen molar-refractivity contribution in [3.63, 3.8) is 0 Å². The second-order valence-electron chi connectivity index (χ2n) is 2.63. The summed E-state index contributed by atoms with van der Waals surface area (Å²) in [5.74, 6) is -1.39. The van der Waals surface area contributed by atoms with E-state index in [1.165, 1.54) is 0 Å². The summed E-state index contributed by atoms with van der Waals surface area (Å²) >= 11 is 0. The summed E-state index contributed by atoms with van der Waals surface area (Å²) in [4.78, 5) is 20.3. The van der Waals surface area contributed by atoms with Gasteiger partial charge in [0.2, 0.25) is 0 Å². The SMILES string of the molecule is N#Cc1cc([N+](=O)[O-])cc(N)c1C(=O)O. The number of anilines is 1. The van der Waals surface area contributed by atoms with E-state index < -0.39 is 22.1 Å². The van der Waals surface area contributed by atoms with Crippen LogP contribution in [-0.4, -0.2) is 16.0 Å². The van der Waals surface area contributed by atoms with Crippen molar-refractivity contribution in [2.75, 3.05) is 5.73 Å². The van der Waals surface area contributed by atoms with E-state index in [0.717, 1.165) is 12.1 Å². The number of nitro groups is 1. The van der Waals surface area contributed by atoms with Crippen molar-refractivity contribution in [1.82, 2.24) is 0 Å². The third-order valence-corrected chi connectivity index (χ3v) is 1.70. The minimum absolute atomic E-state index is 0.298. The van der Waals surface area contributed by atoms with Crippen molar-refractivity contribution >= 4 is 17.3 Å². The highest BCUT2D eigenvalue weighted by atomic mass is 16.6.